The summed E-state index contributed by atoms with van der Waals surface area (Å²) in [7, 11) is 0. The molecule has 0 saturated heterocycles. The van der Waals surface area contributed by atoms with Crippen LogP contribution in [0, 0.1) is 5.82 Å². The van der Waals surface area contributed by atoms with Gasteiger partial charge in [-0.05, 0) is 36.6 Å². The highest BCUT2D eigenvalue weighted by Crippen LogP contribution is 2.26. The van der Waals surface area contributed by atoms with Gasteiger partial charge in [0.05, 0.1) is 11.5 Å². The summed E-state index contributed by atoms with van der Waals surface area (Å²) in [6.45, 7) is 2.25. The molecule has 6 nitrogen and oxygen atoms in total. The van der Waals surface area contributed by atoms with Crippen molar-refractivity contribution in [1.29, 1.82) is 0 Å². The Labute approximate surface area is 123 Å². The second-order valence-corrected chi connectivity index (χ2v) is 5.23. The van der Waals surface area contributed by atoms with Crippen LogP contribution in [0.5, 0.6) is 6.01 Å². The fourth-order valence-corrected chi connectivity index (χ4v) is 2.73. The number of ether oxygens (including phenoxy) is 1. The van der Waals surface area contributed by atoms with Crippen molar-refractivity contribution in [2.24, 2.45) is 0 Å². The first-order chi connectivity index (χ1) is 10.2. The van der Waals surface area contributed by atoms with Crippen LogP contribution in [0.1, 0.15) is 16.6 Å². The second-order valence-electron chi connectivity index (χ2n) is 4.15. The number of H-pyrrole nitrogens is 1. The molecule has 0 aliphatic carbocycles. The summed E-state index contributed by atoms with van der Waals surface area (Å²) < 4.78 is 19.1. The number of carbonyl (C=O) groups is 1. The quantitative estimate of drug-likeness (QED) is 0.776. The number of aromatic amines is 1. The molecule has 0 radical (unpaired) electrons. The number of amides is 1. The third-order valence-electron chi connectivity index (χ3n) is 2.67. The van der Waals surface area contributed by atoms with Crippen LogP contribution in [0.2, 0.25) is 0 Å². The van der Waals surface area contributed by atoms with Gasteiger partial charge in [0.2, 0.25) is 5.95 Å². The van der Waals surface area contributed by atoms with Gasteiger partial charge in [-0.1, -0.05) is 0 Å². The standard InChI is InChI=1S/C13H11FN4O2S/c1-2-20-13-16-12(17-18-13)15-11(19)10-6-7-5-8(14)3-4-9(7)21-10/h3-6H,2H2,1H3,(H2,15,16,17,18,19). The molecule has 0 unspecified atom stereocenters. The number of benzene rings is 1. The van der Waals surface area contributed by atoms with Gasteiger partial charge in [0.25, 0.3) is 5.91 Å². The highest BCUT2D eigenvalue weighted by atomic mass is 32.1. The predicted molar refractivity (Wildman–Crippen MR) is 77.3 cm³/mol. The number of carbonyl (C=O) groups excluding carboxylic acids is 1. The van der Waals surface area contributed by atoms with E-state index in [2.05, 4.69) is 20.5 Å². The molecule has 108 valence electrons. The first-order valence-electron chi connectivity index (χ1n) is 6.21. The van der Waals surface area contributed by atoms with Gasteiger partial charge in [0.15, 0.2) is 0 Å². The van der Waals surface area contributed by atoms with Gasteiger partial charge in [-0.2, -0.15) is 4.98 Å². The van der Waals surface area contributed by atoms with E-state index in [1.54, 1.807) is 12.1 Å². The normalized spacial score (nSPS) is 10.8. The van der Waals surface area contributed by atoms with Crippen molar-refractivity contribution in [1.82, 2.24) is 15.2 Å². The van der Waals surface area contributed by atoms with Crippen LogP contribution in [0.4, 0.5) is 10.3 Å². The summed E-state index contributed by atoms with van der Waals surface area (Å²) in [6.07, 6.45) is 0. The van der Waals surface area contributed by atoms with Crippen LogP contribution >= 0.6 is 11.3 Å². The van der Waals surface area contributed by atoms with Crippen LogP contribution in [-0.4, -0.2) is 27.7 Å². The van der Waals surface area contributed by atoms with Crippen molar-refractivity contribution >= 4 is 33.3 Å². The Morgan fingerprint density at radius 2 is 2.33 bits per heavy atom. The highest BCUT2D eigenvalue weighted by Gasteiger charge is 2.13. The number of nitrogens with one attached hydrogen (secondary N) is 2. The number of thiophene rings is 1. The molecule has 0 aliphatic rings. The number of aromatic nitrogens is 3. The maximum atomic E-state index is 13.1. The molecule has 0 bridgehead atoms. The third kappa shape index (κ3) is 2.84. The summed E-state index contributed by atoms with van der Waals surface area (Å²) in [5.41, 5.74) is 0. The van der Waals surface area contributed by atoms with Crippen molar-refractivity contribution in [3.8, 4) is 6.01 Å². The van der Waals surface area contributed by atoms with E-state index in [0.29, 0.717) is 16.9 Å². The Kier molecular flexibility index (Phi) is 3.53. The van der Waals surface area contributed by atoms with E-state index in [1.165, 1.54) is 23.5 Å². The first kappa shape index (κ1) is 13.5. The Bertz CT molecular complexity index is 798. The number of rotatable bonds is 4. The van der Waals surface area contributed by atoms with E-state index in [-0.39, 0.29) is 23.7 Å². The maximum Gasteiger partial charge on any atom is 0.337 e. The Morgan fingerprint density at radius 3 is 3.14 bits per heavy atom. The molecule has 0 saturated carbocycles. The second kappa shape index (κ2) is 5.49. The van der Waals surface area contributed by atoms with E-state index in [1.807, 2.05) is 6.92 Å². The zero-order chi connectivity index (χ0) is 14.8. The minimum absolute atomic E-state index is 0.172. The van der Waals surface area contributed by atoms with Crippen molar-refractivity contribution in [2.75, 3.05) is 11.9 Å². The van der Waals surface area contributed by atoms with Crippen LogP contribution in [-0.2, 0) is 0 Å². The Morgan fingerprint density at radius 1 is 1.48 bits per heavy atom. The van der Waals surface area contributed by atoms with Crippen molar-refractivity contribution < 1.29 is 13.9 Å². The molecule has 0 fully saturated rings. The van der Waals surface area contributed by atoms with E-state index in [4.69, 9.17) is 4.74 Å². The smallest absolute Gasteiger partial charge is 0.337 e. The van der Waals surface area contributed by atoms with Crippen molar-refractivity contribution in [3.63, 3.8) is 0 Å². The van der Waals surface area contributed by atoms with Gasteiger partial charge in [-0.3, -0.25) is 10.1 Å². The maximum absolute atomic E-state index is 13.1. The zero-order valence-corrected chi connectivity index (χ0v) is 11.8. The highest BCUT2D eigenvalue weighted by molar-refractivity contribution is 7.20. The third-order valence-corrected chi connectivity index (χ3v) is 3.79. The van der Waals surface area contributed by atoms with Crippen LogP contribution in [0.25, 0.3) is 10.1 Å². The summed E-state index contributed by atoms with van der Waals surface area (Å²) in [4.78, 5) is 16.5. The Hall–Kier alpha value is -2.48. The summed E-state index contributed by atoms with van der Waals surface area (Å²) in [5, 5.41) is 9.62. The number of hydrogen-bond acceptors (Lipinski definition) is 5. The van der Waals surface area contributed by atoms with E-state index in [9.17, 15) is 9.18 Å². The van der Waals surface area contributed by atoms with E-state index < -0.39 is 0 Å². The molecule has 21 heavy (non-hydrogen) atoms. The molecule has 1 aromatic carbocycles. The lowest BCUT2D eigenvalue weighted by molar-refractivity contribution is 0.103. The molecule has 3 aromatic rings. The van der Waals surface area contributed by atoms with Gasteiger partial charge < -0.3 is 4.74 Å². The number of fused-ring (bicyclic) bond motifs is 1. The molecule has 8 heteroatoms. The number of halogens is 1. The van der Waals surface area contributed by atoms with E-state index >= 15 is 0 Å². The average Bonchev–Trinajstić information content (AvgIpc) is 3.05. The molecule has 2 heterocycles. The minimum atomic E-state index is -0.337. The predicted octanol–water partition coefficient (Wildman–Crippen LogP) is 2.81. The lowest BCUT2D eigenvalue weighted by Gasteiger charge is -1.97. The van der Waals surface area contributed by atoms with Crippen molar-refractivity contribution in [2.45, 2.75) is 6.92 Å². The molecule has 3 rings (SSSR count). The van der Waals surface area contributed by atoms with Gasteiger partial charge in [0, 0.05) is 4.70 Å². The molecule has 1 amide bonds. The number of anilines is 1. The fourth-order valence-electron chi connectivity index (χ4n) is 1.79. The van der Waals surface area contributed by atoms with Crippen molar-refractivity contribution in [3.05, 3.63) is 35.0 Å². The Balaban J connectivity index is 1.79. The van der Waals surface area contributed by atoms with Gasteiger partial charge in [0.1, 0.15) is 5.82 Å². The van der Waals surface area contributed by atoms with Gasteiger partial charge in [-0.25, -0.2) is 9.49 Å². The summed E-state index contributed by atoms with van der Waals surface area (Å²) >= 11 is 1.28. The van der Waals surface area contributed by atoms with Gasteiger partial charge in [-0.15, -0.1) is 16.4 Å². The molecule has 2 N–H and O–H groups in total. The summed E-state index contributed by atoms with van der Waals surface area (Å²) in [5.74, 6) is -0.466. The van der Waals surface area contributed by atoms with Crippen LogP contribution in [0.15, 0.2) is 24.3 Å². The minimum Gasteiger partial charge on any atom is -0.463 e. The number of nitrogens with zero attached hydrogens (tertiary/aromatic N) is 2. The monoisotopic (exact) mass is 306 g/mol. The fraction of sp³-hybridized carbons (Fsp3) is 0.154. The molecule has 2 aromatic heterocycles. The summed E-state index contributed by atoms with van der Waals surface area (Å²) in [6, 6.07) is 6.22. The zero-order valence-electron chi connectivity index (χ0n) is 11.0. The lowest BCUT2D eigenvalue weighted by Crippen LogP contribution is -2.11. The SMILES string of the molecule is CCOc1n[nH]c(NC(=O)c2cc3cc(F)ccc3s2)n1. The molecule has 0 spiro atoms. The average molecular weight is 306 g/mol. The molecule has 0 aliphatic heterocycles. The van der Waals surface area contributed by atoms with Crippen LogP contribution in [0.3, 0.4) is 0 Å². The van der Waals surface area contributed by atoms with Crippen LogP contribution < -0.4 is 10.1 Å². The van der Waals surface area contributed by atoms with Gasteiger partial charge >= 0.3 is 6.01 Å². The molecule has 0 atom stereocenters. The van der Waals surface area contributed by atoms with E-state index in [0.717, 1.165) is 4.70 Å². The molecular weight excluding hydrogens is 295 g/mol. The topological polar surface area (TPSA) is 79.9 Å². The molecular formula is C13H11FN4O2S. The lowest BCUT2D eigenvalue weighted by atomic mass is 10.2. The largest absolute Gasteiger partial charge is 0.463 e. The number of hydrogen-bond donors (Lipinski definition) is 2. The first-order valence-corrected chi connectivity index (χ1v) is 7.03.